The van der Waals surface area contributed by atoms with Gasteiger partial charge in [0.15, 0.2) is 0 Å². The quantitative estimate of drug-likeness (QED) is 0.619. The molecule has 3 aromatic carbocycles. The highest BCUT2D eigenvalue weighted by Crippen LogP contribution is 2.47. The van der Waals surface area contributed by atoms with Crippen molar-refractivity contribution < 1.29 is 14.7 Å². The Hall–Kier alpha value is -2.94. The number of amides is 2. The zero-order valence-corrected chi connectivity index (χ0v) is 18.0. The van der Waals surface area contributed by atoms with E-state index in [1.165, 1.54) is 16.8 Å². The van der Waals surface area contributed by atoms with Crippen molar-refractivity contribution in [1.29, 1.82) is 0 Å². The van der Waals surface area contributed by atoms with E-state index < -0.39 is 0 Å². The first-order chi connectivity index (χ1) is 15.1. The predicted octanol–water partition coefficient (Wildman–Crippen LogP) is 4.30. The van der Waals surface area contributed by atoms with Crippen LogP contribution in [-0.4, -0.2) is 34.2 Å². The van der Waals surface area contributed by atoms with Gasteiger partial charge < -0.3 is 5.11 Å². The van der Waals surface area contributed by atoms with Crippen LogP contribution >= 0.6 is 23.5 Å². The fourth-order valence-electron chi connectivity index (χ4n) is 3.73. The van der Waals surface area contributed by atoms with Gasteiger partial charge in [0.1, 0.15) is 11.1 Å². The van der Waals surface area contributed by atoms with Gasteiger partial charge in [-0.15, -0.1) is 11.8 Å². The molecule has 5 rings (SSSR count). The SMILES string of the molecule is O=C(CNN1C(=O)CSC1c1cccc(O)c1)N1c2ccccc2Sc2ccccc21. The number of anilines is 2. The number of para-hydroxylation sites is 2. The molecule has 0 aliphatic carbocycles. The van der Waals surface area contributed by atoms with Gasteiger partial charge in [0.2, 0.25) is 11.8 Å². The summed E-state index contributed by atoms with van der Waals surface area (Å²) in [6.07, 6.45) is 0. The number of hydrogen-bond donors (Lipinski definition) is 2. The van der Waals surface area contributed by atoms with Gasteiger partial charge in [-0.3, -0.25) is 19.5 Å². The molecule has 31 heavy (non-hydrogen) atoms. The second kappa shape index (κ2) is 8.30. The first kappa shape index (κ1) is 20.0. The summed E-state index contributed by atoms with van der Waals surface area (Å²) in [6.45, 7) is -0.0328. The number of rotatable bonds is 4. The zero-order chi connectivity index (χ0) is 21.4. The third-order valence-electron chi connectivity index (χ3n) is 5.11. The van der Waals surface area contributed by atoms with Gasteiger partial charge in [-0.25, -0.2) is 5.43 Å². The number of aromatic hydroxyl groups is 1. The van der Waals surface area contributed by atoms with E-state index in [2.05, 4.69) is 5.43 Å². The molecule has 0 radical (unpaired) electrons. The molecule has 2 aliphatic heterocycles. The third-order valence-corrected chi connectivity index (χ3v) is 7.45. The van der Waals surface area contributed by atoms with Crippen molar-refractivity contribution in [1.82, 2.24) is 10.4 Å². The van der Waals surface area contributed by atoms with Crippen LogP contribution in [0.25, 0.3) is 0 Å². The van der Waals surface area contributed by atoms with E-state index in [0.717, 1.165) is 26.7 Å². The van der Waals surface area contributed by atoms with Gasteiger partial charge in [-0.2, -0.15) is 0 Å². The Morgan fingerprint density at radius 2 is 1.68 bits per heavy atom. The van der Waals surface area contributed by atoms with E-state index in [9.17, 15) is 14.7 Å². The lowest BCUT2D eigenvalue weighted by Gasteiger charge is -2.32. The van der Waals surface area contributed by atoms with Crippen molar-refractivity contribution in [3.63, 3.8) is 0 Å². The highest BCUT2D eigenvalue weighted by molar-refractivity contribution is 8.00. The van der Waals surface area contributed by atoms with Crippen molar-refractivity contribution in [2.24, 2.45) is 0 Å². The number of carbonyl (C=O) groups excluding carboxylic acids is 2. The molecule has 0 spiro atoms. The zero-order valence-electron chi connectivity index (χ0n) is 16.4. The molecule has 1 atom stereocenters. The Bertz CT molecular complexity index is 1120. The molecule has 0 bridgehead atoms. The summed E-state index contributed by atoms with van der Waals surface area (Å²) in [5, 5.41) is 11.0. The summed E-state index contributed by atoms with van der Waals surface area (Å²) in [7, 11) is 0. The van der Waals surface area contributed by atoms with Gasteiger partial charge >= 0.3 is 0 Å². The van der Waals surface area contributed by atoms with Gasteiger partial charge in [0.05, 0.1) is 23.7 Å². The molecule has 0 aromatic heterocycles. The topological polar surface area (TPSA) is 72.9 Å². The molecule has 156 valence electrons. The van der Waals surface area contributed by atoms with Crippen LogP contribution in [0, 0.1) is 0 Å². The summed E-state index contributed by atoms with van der Waals surface area (Å²) in [6, 6.07) is 22.5. The molecule has 3 aromatic rings. The van der Waals surface area contributed by atoms with E-state index >= 15 is 0 Å². The molecule has 0 saturated carbocycles. The summed E-state index contributed by atoms with van der Waals surface area (Å²) in [5.74, 6) is 0.210. The second-order valence-corrected chi connectivity index (χ2v) is 9.28. The van der Waals surface area contributed by atoms with Crippen LogP contribution in [0.1, 0.15) is 10.9 Å². The van der Waals surface area contributed by atoms with Crippen LogP contribution in [0.15, 0.2) is 82.6 Å². The van der Waals surface area contributed by atoms with Crippen LogP contribution in [0.3, 0.4) is 0 Å². The smallest absolute Gasteiger partial charge is 0.248 e. The molecule has 1 fully saturated rings. The fraction of sp³-hybridized carbons (Fsp3) is 0.130. The lowest BCUT2D eigenvalue weighted by Crippen LogP contribution is -2.46. The second-order valence-electron chi connectivity index (χ2n) is 7.12. The number of nitrogens with one attached hydrogen (secondary N) is 1. The van der Waals surface area contributed by atoms with Crippen molar-refractivity contribution >= 4 is 46.7 Å². The number of hydrazine groups is 1. The van der Waals surface area contributed by atoms with Gasteiger partial charge in [-0.1, -0.05) is 48.2 Å². The Kier molecular flexibility index (Phi) is 5.35. The van der Waals surface area contributed by atoms with E-state index in [1.807, 2.05) is 54.6 Å². The number of thioether (sulfide) groups is 1. The standard InChI is InChI=1S/C23H19N3O3S2/c27-16-7-5-6-15(12-16)23-26(22(29)14-30-23)24-13-21(28)25-17-8-1-3-10-19(17)31-20-11-4-2-9-18(20)25/h1-12,23-24,27H,13-14H2. The van der Waals surface area contributed by atoms with Gasteiger partial charge in [0, 0.05) is 9.79 Å². The third kappa shape index (κ3) is 3.78. The van der Waals surface area contributed by atoms with Crippen LogP contribution in [0.2, 0.25) is 0 Å². The van der Waals surface area contributed by atoms with Crippen LogP contribution in [0.4, 0.5) is 11.4 Å². The molecule has 2 aliphatic rings. The van der Waals surface area contributed by atoms with E-state index in [1.54, 1.807) is 34.9 Å². The number of carbonyl (C=O) groups is 2. The number of phenols is 1. The molecular weight excluding hydrogens is 430 g/mol. The number of hydrogen-bond acceptors (Lipinski definition) is 6. The number of fused-ring (bicyclic) bond motifs is 2. The average molecular weight is 450 g/mol. The first-order valence-electron chi connectivity index (χ1n) is 9.77. The van der Waals surface area contributed by atoms with E-state index in [0.29, 0.717) is 5.75 Å². The summed E-state index contributed by atoms with van der Waals surface area (Å²) in [4.78, 5) is 29.6. The monoisotopic (exact) mass is 449 g/mol. The lowest BCUT2D eigenvalue weighted by molar-refractivity contribution is -0.132. The molecular formula is C23H19N3O3S2. The van der Waals surface area contributed by atoms with Crippen LogP contribution in [-0.2, 0) is 9.59 Å². The maximum atomic E-state index is 13.4. The normalized spacial score (nSPS) is 17.4. The Morgan fingerprint density at radius 1 is 1.00 bits per heavy atom. The minimum atomic E-state index is -0.302. The highest BCUT2D eigenvalue weighted by Gasteiger charge is 2.34. The maximum absolute atomic E-state index is 13.4. The molecule has 1 saturated heterocycles. The number of nitrogens with zero attached hydrogens (tertiary/aromatic N) is 2. The van der Waals surface area contributed by atoms with Crippen molar-refractivity contribution in [2.45, 2.75) is 15.2 Å². The first-order valence-corrected chi connectivity index (χ1v) is 11.6. The minimum Gasteiger partial charge on any atom is -0.508 e. The Morgan fingerprint density at radius 3 is 2.35 bits per heavy atom. The van der Waals surface area contributed by atoms with Crippen LogP contribution < -0.4 is 10.3 Å². The highest BCUT2D eigenvalue weighted by atomic mass is 32.2. The van der Waals surface area contributed by atoms with E-state index in [4.69, 9.17) is 0 Å². The number of benzene rings is 3. The predicted molar refractivity (Wildman–Crippen MR) is 122 cm³/mol. The minimum absolute atomic E-state index is 0.0328. The van der Waals surface area contributed by atoms with Crippen molar-refractivity contribution in [3.8, 4) is 5.75 Å². The molecule has 1 unspecified atom stereocenters. The lowest BCUT2D eigenvalue weighted by atomic mass is 10.2. The van der Waals surface area contributed by atoms with E-state index in [-0.39, 0.29) is 29.5 Å². The Balaban J connectivity index is 1.39. The summed E-state index contributed by atoms with van der Waals surface area (Å²) >= 11 is 3.10. The summed E-state index contributed by atoms with van der Waals surface area (Å²) in [5.41, 5.74) is 5.52. The average Bonchev–Trinajstić information content (AvgIpc) is 3.16. The maximum Gasteiger partial charge on any atom is 0.248 e. The van der Waals surface area contributed by atoms with Gasteiger partial charge in [0.25, 0.3) is 0 Å². The van der Waals surface area contributed by atoms with Gasteiger partial charge in [-0.05, 0) is 42.0 Å². The Labute approximate surface area is 188 Å². The molecule has 2 N–H and O–H groups in total. The molecule has 6 nitrogen and oxygen atoms in total. The van der Waals surface area contributed by atoms with Crippen molar-refractivity contribution in [2.75, 3.05) is 17.2 Å². The fourth-order valence-corrected chi connectivity index (χ4v) is 5.90. The largest absolute Gasteiger partial charge is 0.508 e. The van der Waals surface area contributed by atoms with Crippen molar-refractivity contribution in [3.05, 3.63) is 78.4 Å². The summed E-state index contributed by atoms with van der Waals surface area (Å²) < 4.78 is 0. The number of phenolic OH excluding ortho intramolecular Hbond substituents is 1. The molecule has 2 heterocycles. The van der Waals surface area contributed by atoms with Crippen LogP contribution in [0.5, 0.6) is 5.75 Å². The molecule has 8 heteroatoms. The molecule has 2 amide bonds.